The molecule has 170 valence electrons. The number of anilines is 1. The lowest BCUT2D eigenvalue weighted by Crippen LogP contribution is -2.47. The van der Waals surface area contributed by atoms with E-state index in [-0.39, 0.29) is 24.6 Å². The molecular formula is C23H15Cl2FN6O2. The maximum Gasteiger partial charge on any atom is 0.229 e. The molecule has 5 rings (SSSR count). The molecule has 1 fully saturated rings. The van der Waals surface area contributed by atoms with Gasteiger partial charge in [0.05, 0.1) is 35.2 Å². The van der Waals surface area contributed by atoms with E-state index < -0.39 is 11.9 Å². The van der Waals surface area contributed by atoms with E-state index in [2.05, 4.69) is 25.0 Å². The molecule has 1 atom stereocenters. The van der Waals surface area contributed by atoms with Gasteiger partial charge in [-0.15, -0.1) is 0 Å². The predicted molar refractivity (Wildman–Crippen MR) is 126 cm³/mol. The highest BCUT2D eigenvalue weighted by atomic mass is 35.5. The maximum absolute atomic E-state index is 14.8. The molecule has 0 spiro atoms. The Bertz CT molecular complexity index is 1470. The van der Waals surface area contributed by atoms with Crippen LogP contribution >= 0.6 is 23.2 Å². The van der Waals surface area contributed by atoms with Gasteiger partial charge in [-0.1, -0.05) is 23.2 Å². The van der Waals surface area contributed by atoms with Crippen molar-refractivity contribution in [3.63, 3.8) is 0 Å². The summed E-state index contributed by atoms with van der Waals surface area (Å²) in [5, 5.41) is 8.31. The van der Waals surface area contributed by atoms with Gasteiger partial charge in [0.15, 0.2) is 17.3 Å². The summed E-state index contributed by atoms with van der Waals surface area (Å²) in [7, 11) is 0. The number of aromatic amines is 1. The predicted octanol–water partition coefficient (Wildman–Crippen LogP) is 5.55. The van der Waals surface area contributed by atoms with Crippen molar-refractivity contribution in [3.05, 3.63) is 69.6 Å². The van der Waals surface area contributed by atoms with Crippen molar-refractivity contribution in [1.29, 1.82) is 0 Å². The van der Waals surface area contributed by atoms with Crippen molar-refractivity contribution >= 4 is 51.4 Å². The highest BCUT2D eigenvalue weighted by Crippen LogP contribution is 2.38. The number of nitrogens with zero attached hydrogens (tertiary/aromatic N) is 5. The molecule has 0 aliphatic carbocycles. The van der Waals surface area contributed by atoms with Crippen LogP contribution in [0.25, 0.3) is 27.0 Å². The van der Waals surface area contributed by atoms with Crippen molar-refractivity contribution in [2.75, 3.05) is 18.0 Å². The molecule has 1 aromatic carbocycles. The molecule has 0 unspecified atom stereocenters. The molecule has 0 amide bonds. The second-order valence-electron chi connectivity index (χ2n) is 7.75. The number of H-pyrrole nitrogens is 1. The van der Waals surface area contributed by atoms with Gasteiger partial charge in [0, 0.05) is 41.2 Å². The lowest BCUT2D eigenvalue weighted by atomic mass is 10.1. The second-order valence-corrected chi connectivity index (χ2v) is 8.56. The molecule has 8 nitrogen and oxygen atoms in total. The Kier molecular flexibility index (Phi) is 5.55. The molecular weight excluding hydrogens is 482 g/mol. The number of nitrogens with one attached hydrogen (secondary N) is 1. The molecule has 1 aliphatic heterocycles. The molecule has 11 heteroatoms. The van der Waals surface area contributed by atoms with Gasteiger partial charge in [0.2, 0.25) is 5.69 Å². The highest BCUT2D eigenvalue weighted by molar-refractivity contribution is 6.35. The molecule has 0 radical (unpaired) electrons. The zero-order chi connectivity index (χ0) is 24.0. The van der Waals surface area contributed by atoms with Crippen molar-refractivity contribution in [3.8, 4) is 17.0 Å². The van der Waals surface area contributed by atoms with E-state index >= 15 is 0 Å². The lowest BCUT2D eigenvalue weighted by molar-refractivity contribution is -0.119. The fourth-order valence-corrected chi connectivity index (χ4v) is 4.49. The zero-order valence-corrected chi connectivity index (χ0v) is 19.2. The number of carbonyl (C=O) groups is 1. The Morgan fingerprint density at radius 1 is 1.21 bits per heavy atom. The summed E-state index contributed by atoms with van der Waals surface area (Å²) in [6.45, 7) is 9.70. The van der Waals surface area contributed by atoms with Crippen LogP contribution in [0.1, 0.15) is 18.6 Å². The molecule has 3 aromatic heterocycles. The third-order valence-corrected chi connectivity index (χ3v) is 6.09. The number of carbonyl (C=O) groups excluding carboxylic acids is 1. The fraction of sp³-hybridized carbons (Fsp3) is 0.174. The molecule has 0 bridgehead atoms. The number of benzene rings is 1. The number of aromatic nitrogens is 4. The van der Waals surface area contributed by atoms with Crippen molar-refractivity contribution in [1.82, 2.24) is 20.2 Å². The number of pyridine rings is 2. The largest absolute Gasteiger partial charge is 0.483 e. The molecule has 34 heavy (non-hydrogen) atoms. The summed E-state index contributed by atoms with van der Waals surface area (Å²) in [6, 6.07) is 4.46. The minimum absolute atomic E-state index is 0.0133. The highest BCUT2D eigenvalue weighted by Gasteiger charge is 2.27. The topological polar surface area (TPSA) is 88.4 Å². The van der Waals surface area contributed by atoms with Gasteiger partial charge in [-0.25, -0.2) is 9.24 Å². The lowest BCUT2D eigenvalue weighted by Gasteiger charge is -2.31. The quantitative estimate of drug-likeness (QED) is 0.364. The Morgan fingerprint density at radius 2 is 1.94 bits per heavy atom. The van der Waals surface area contributed by atoms with E-state index in [4.69, 9.17) is 34.5 Å². The third-order valence-electron chi connectivity index (χ3n) is 5.49. The van der Waals surface area contributed by atoms with E-state index in [0.717, 1.165) is 0 Å². The van der Waals surface area contributed by atoms with Crippen molar-refractivity contribution < 1.29 is 13.9 Å². The van der Waals surface area contributed by atoms with Crippen LogP contribution in [0.2, 0.25) is 10.0 Å². The van der Waals surface area contributed by atoms with Gasteiger partial charge in [-0.2, -0.15) is 5.10 Å². The minimum Gasteiger partial charge on any atom is -0.483 e. The average Bonchev–Trinajstić information content (AvgIpc) is 3.19. The minimum atomic E-state index is -0.654. The molecule has 0 saturated carbocycles. The van der Waals surface area contributed by atoms with Gasteiger partial charge in [0.1, 0.15) is 17.6 Å². The summed E-state index contributed by atoms with van der Waals surface area (Å²) in [6.07, 6.45) is 3.81. The molecule has 4 heterocycles. The number of halogens is 3. The second kappa shape index (κ2) is 8.56. The van der Waals surface area contributed by atoms with Crippen LogP contribution in [0.4, 0.5) is 15.9 Å². The number of rotatable bonds is 5. The normalized spacial score (nSPS) is 14.1. The first kappa shape index (κ1) is 22.1. The standard InChI is InChI=1S/C23H15Cl2FN6O2/c1-11(21-15(24)7-28-8-16(21)25)34-20-4-14-18(5-17(20)26)30-31-22(14)12-3-19(27-2)23(29-6-12)32-9-13(33)10-32/h3-8,11H,9-10H2,1H3,(H,30,31)/t11-/m1/s1. The SMILES string of the molecule is [C-]#[N+]c1cc(-c2n[nH]c3cc(F)c(O[C@H](C)c4c(Cl)cncc4Cl)cc23)cnc1N1CC(=O)C1. The van der Waals surface area contributed by atoms with Gasteiger partial charge in [0.25, 0.3) is 0 Å². The van der Waals surface area contributed by atoms with Crippen LogP contribution in [0.3, 0.4) is 0 Å². The van der Waals surface area contributed by atoms with E-state index in [0.29, 0.717) is 49.3 Å². The molecule has 1 aliphatic rings. The Balaban J connectivity index is 1.51. The zero-order valence-electron chi connectivity index (χ0n) is 17.6. The number of fused-ring (bicyclic) bond motifs is 1. The number of ketones is 1. The summed E-state index contributed by atoms with van der Waals surface area (Å²) < 4.78 is 20.7. The van der Waals surface area contributed by atoms with Crippen LogP contribution in [0.5, 0.6) is 5.75 Å². The summed E-state index contributed by atoms with van der Waals surface area (Å²) in [5.41, 5.74) is 2.30. The first-order valence-corrected chi connectivity index (χ1v) is 10.9. The summed E-state index contributed by atoms with van der Waals surface area (Å²) in [4.78, 5) is 24.9. The Labute approximate surface area is 203 Å². The van der Waals surface area contributed by atoms with Crippen molar-refractivity contribution in [2.45, 2.75) is 13.0 Å². The van der Waals surface area contributed by atoms with Gasteiger partial charge >= 0.3 is 0 Å². The van der Waals surface area contributed by atoms with E-state index in [1.165, 1.54) is 24.5 Å². The molecule has 1 N–H and O–H groups in total. The number of ether oxygens (including phenoxy) is 1. The average molecular weight is 497 g/mol. The van der Waals surface area contributed by atoms with Crippen LogP contribution in [-0.4, -0.2) is 39.0 Å². The fourth-order valence-electron chi connectivity index (χ4n) is 3.82. The van der Waals surface area contributed by atoms with E-state index in [1.54, 1.807) is 24.1 Å². The maximum atomic E-state index is 14.8. The number of hydrogen-bond donors (Lipinski definition) is 1. The van der Waals surface area contributed by atoms with E-state index in [1.807, 2.05) is 0 Å². The first-order chi connectivity index (χ1) is 16.4. The summed E-state index contributed by atoms with van der Waals surface area (Å²) in [5.74, 6) is -0.0549. The molecule has 1 saturated heterocycles. The van der Waals surface area contributed by atoms with Crippen LogP contribution < -0.4 is 9.64 Å². The van der Waals surface area contributed by atoms with Crippen LogP contribution in [0, 0.1) is 12.4 Å². The van der Waals surface area contributed by atoms with E-state index in [9.17, 15) is 9.18 Å². The smallest absolute Gasteiger partial charge is 0.229 e. The van der Waals surface area contributed by atoms with Crippen LogP contribution in [-0.2, 0) is 4.79 Å². The monoisotopic (exact) mass is 496 g/mol. The van der Waals surface area contributed by atoms with Gasteiger partial charge in [-0.3, -0.25) is 19.9 Å². The van der Waals surface area contributed by atoms with Crippen molar-refractivity contribution in [2.24, 2.45) is 0 Å². The van der Waals surface area contributed by atoms with Gasteiger partial charge in [-0.05, 0) is 19.1 Å². The number of hydrogen-bond acceptors (Lipinski definition) is 6. The van der Waals surface area contributed by atoms with Gasteiger partial charge < -0.3 is 9.64 Å². The third kappa shape index (κ3) is 3.81. The summed E-state index contributed by atoms with van der Waals surface area (Å²) >= 11 is 12.4. The van der Waals surface area contributed by atoms with Crippen LogP contribution in [0.15, 0.2) is 36.8 Å². The Hall–Kier alpha value is -3.74. The first-order valence-electron chi connectivity index (χ1n) is 10.1. The number of Topliss-reactive ketones (excluding diaryl/α,β-unsaturated/α-hetero) is 1. The molecule has 4 aromatic rings. The Morgan fingerprint density at radius 3 is 2.62 bits per heavy atom.